The summed E-state index contributed by atoms with van der Waals surface area (Å²) in [6, 6.07) is 18.1. The molecule has 6 nitrogen and oxygen atoms in total. The largest absolute Gasteiger partial charge is 0.497 e. The maximum absolute atomic E-state index is 9.98. The van der Waals surface area contributed by atoms with E-state index in [1.807, 2.05) is 73.1 Å². The quantitative estimate of drug-likeness (QED) is 0.572. The highest BCUT2D eigenvalue weighted by atomic mass is 16.5. The van der Waals surface area contributed by atoms with Crippen molar-refractivity contribution in [3.63, 3.8) is 0 Å². The molecular weight excluding hydrogens is 378 g/mol. The first kappa shape index (κ1) is 20.4. The Labute approximate surface area is 177 Å². The second kappa shape index (κ2) is 8.90. The molecule has 1 unspecified atom stereocenters. The van der Waals surface area contributed by atoms with Crippen molar-refractivity contribution in [2.75, 3.05) is 13.7 Å². The smallest absolute Gasteiger partial charge is 0.227 e. The highest BCUT2D eigenvalue weighted by molar-refractivity contribution is 5.44. The maximum Gasteiger partial charge on any atom is 0.227 e. The molecule has 1 saturated carbocycles. The molecule has 0 bridgehead atoms. The molecule has 30 heavy (non-hydrogen) atoms. The van der Waals surface area contributed by atoms with Gasteiger partial charge in [-0.3, -0.25) is 4.90 Å². The summed E-state index contributed by atoms with van der Waals surface area (Å²) in [6.07, 6.45) is 1.97. The van der Waals surface area contributed by atoms with Gasteiger partial charge in [-0.1, -0.05) is 24.3 Å². The Hall–Kier alpha value is -2.83. The zero-order valence-electron chi connectivity index (χ0n) is 17.8. The maximum atomic E-state index is 9.98. The standard InChI is InChI=1S/C24H29N3O3/c1-17(28)15-26(19-12-13-19)16-23-18(2)25-27(20-8-5-4-6-9-20)24(23)30-22-11-7-10-21(14-22)29-3/h4-11,14,17,19,28H,12-13,15-16H2,1-3H3. The van der Waals surface area contributed by atoms with Crippen LogP contribution in [0.3, 0.4) is 0 Å². The minimum atomic E-state index is -0.377. The van der Waals surface area contributed by atoms with Crippen molar-refractivity contribution >= 4 is 0 Å². The molecule has 6 heteroatoms. The zero-order valence-corrected chi connectivity index (χ0v) is 17.8. The van der Waals surface area contributed by atoms with E-state index in [1.165, 1.54) is 12.8 Å². The van der Waals surface area contributed by atoms with Crippen LogP contribution in [0.2, 0.25) is 0 Å². The van der Waals surface area contributed by atoms with Crippen molar-refractivity contribution in [2.45, 2.75) is 45.4 Å². The zero-order chi connectivity index (χ0) is 21.1. The van der Waals surface area contributed by atoms with Crippen LogP contribution in [0, 0.1) is 6.92 Å². The van der Waals surface area contributed by atoms with Gasteiger partial charge in [0.2, 0.25) is 5.88 Å². The van der Waals surface area contributed by atoms with Gasteiger partial charge in [-0.25, -0.2) is 4.68 Å². The van der Waals surface area contributed by atoms with E-state index in [9.17, 15) is 5.11 Å². The number of hydrogen-bond donors (Lipinski definition) is 1. The molecule has 1 N–H and O–H groups in total. The molecule has 4 rings (SSSR count). The van der Waals surface area contributed by atoms with E-state index >= 15 is 0 Å². The molecule has 0 amide bonds. The van der Waals surface area contributed by atoms with Crippen LogP contribution in [0.4, 0.5) is 0 Å². The Morgan fingerprint density at radius 1 is 1.13 bits per heavy atom. The highest BCUT2D eigenvalue weighted by Gasteiger charge is 2.32. The van der Waals surface area contributed by atoms with Crippen LogP contribution in [-0.4, -0.2) is 45.6 Å². The minimum Gasteiger partial charge on any atom is -0.497 e. The van der Waals surface area contributed by atoms with E-state index in [1.54, 1.807) is 7.11 Å². The van der Waals surface area contributed by atoms with Crippen LogP contribution in [-0.2, 0) is 6.54 Å². The van der Waals surface area contributed by atoms with E-state index in [0.717, 1.165) is 22.7 Å². The van der Waals surface area contributed by atoms with Gasteiger partial charge in [-0.15, -0.1) is 0 Å². The molecule has 1 aliphatic rings. The van der Waals surface area contributed by atoms with Crippen molar-refractivity contribution in [1.82, 2.24) is 14.7 Å². The van der Waals surface area contributed by atoms with Gasteiger partial charge >= 0.3 is 0 Å². The molecule has 0 saturated heterocycles. The van der Waals surface area contributed by atoms with Crippen molar-refractivity contribution < 1.29 is 14.6 Å². The predicted octanol–water partition coefficient (Wildman–Crippen LogP) is 4.33. The second-order valence-corrected chi connectivity index (χ2v) is 7.91. The van der Waals surface area contributed by atoms with Gasteiger partial charge < -0.3 is 14.6 Å². The number of nitrogens with zero attached hydrogens (tertiary/aromatic N) is 3. The third-order valence-electron chi connectivity index (χ3n) is 5.32. The molecule has 158 valence electrons. The van der Waals surface area contributed by atoms with Crippen LogP contribution >= 0.6 is 0 Å². The first-order chi connectivity index (χ1) is 14.5. The third kappa shape index (κ3) is 4.66. The lowest BCUT2D eigenvalue weighted by Crippen LogP contribution is -2.32. The number of hydrogen-bond acceptors (Lipinski definition) is 5. The summed E-state index contributed by atoms with van der Waals surface area (Å²) in [5, 5.41) is 14.8. The fourth-order valence-electron chi connectivity index (χ4n) is 3.67. The summed E-state index contributed by atoms with van der Waals surface area (Å²) >= 11 is 0. The van der Waals surface area contributed by atoms with E-state index < -0.39 is 0 Å². The Balaban J connectivity index is 1.73. The lowest BCUT2D eigenvalue weighted by molar-refractivity contribution is 0.117. The van der Waals surface area contributed by atoms with Gasteiger partial charge in [0.1, 0.15) is 11.5 Å². The van der Waals surface area contributed by atoms with Crippen molar-refractivity contribution in [3.8, 4) is 23.1 Å². The molecule has 3 aromatic rings. The fourth-order valence-corrected chi connectivity index (χ4v) is 3.67. The summed E-state index contributed by atoms with van der Waals surface area (Å²) in [5.74, 6) is 2.13. The van der Waals surface area contributed by atoms with Crippen molar-refractivity contribution in [1.29, 1.82) is 0 Å². The molecule has 0 radical (unpaired) electrons. The Kier molecular flexibility index (Phi) is 6.06. The average Bonchev–Trinajstić information content (AvgIpc) is 3.55. The molecule has 1 atom stereocenters. The van der Waals surface area contributed by atoms with Gasteiger partial charge in [-0.2, -0.15) is 5.10 Å². The molecule has 1 fully saturated rings. The Morgan fingerprint density at radius 2 is 1.87 bits per heavy atom. The number of benzene rings is 2. The summed E-state index contributed by atoms with van der Waals surface area (Å²) < 4.78 is 13.6. The van der Waals surface area contributed by atoms with Gasteiger partial charge in [0.05, 0.1) is 30.2 Å². The molecule has 0 aliphatic heterocycles. The molecule has 1 aliphatic carbocycles. The van der Waals surface area contributed by atoms with Crippen molar-refractivity contribution in [2.24, 2.45) is 0 Å². The Bertz CT molecular complexity index is 981. The number of ether oxygens (including phenoxy) is 2. The summed E-state index contributed by atoms with van der Waals surface area (Å²) in [6.45, 7) is 5.18. The van der Waals surface area contributed by atoms with Crippen LogP contribution in [0.5, 0.6) is 17.4 Å². The lowest BCUT2D eigenvalue weighted by atomic mass is 10.2. The monoisotopic (exact) mass is 407 g/mol. The van der Waals surface area contributed by atoms with Crippen molar-refractivity contribution in [3.05, 3.63) is 65.9 Å². The van der Waals surface area contributed by atoms with E-state index in [2.05, 4.69) is 4.90 Å². The van der Waals surface area contributed by atoms with Crippen LogP contribution in [0.25, 0.3) is 5.69 Å². The number of para-hydroxylation sites is 1. The van der Waals surface area contributed by atoms with E-state index in [4.69, 9.17) is 14.6 Å². The third-order valence-corrected chi connectivity index (χ3v) is 5.32. The second-order valence-electron chi connectivity index (χ2n) is 7.91. The van der Waals surface area contributed by atoms with Crippen LogP contribution < -0.4 is 9.47 Å². The Morgan fingerprint density at radius 3 is 2.53 bits per heavy atom. The molecule has 2 aromatic carbocycles. The predicted molar refractivity (Wildman–Crippen MR) is 116 cm³/mol. The topological polar surface area (TPSA) is 59.8 Å². The summed E-state index contributed by atoms with van der Waals surface area (Å²) in [5.41, 5.74) is 2.90. The number of methoxy groups -OCH3 is 1. The first-order valence-corrected chi connectivity index (χ1v) is 10.4. The van der Waals surface area contributed by atoms with Gasteiger partial charge in [0.15, 0.2) is 0 Å². The number of aliphatic hydroxyl groups excluding tert-OH is 1. The van der Waals surface area contributed by atoms with E-state index in [-0.39, 0.29) is 6.10 Å². The number of aryl methyl sites for hydroxylation is 1. The first-order valence-electron chi connectivity index (χ1n) is 10.4. The average molecular weight is 408 g/mol. The molecular formula is C24H29N3O3. The van der Waals surface area contributed by atoms with Crippen LogP contribution in [0.15, 0.2) is 54.6 Å². The fraction of sp³-hybridized carbons (Fsp3) is 0.375. The minimum absolute atomic E-state index is 0.377. The SMILES string of the molecule is COc1cccc(Oc2c(CN(CC(C)O)C3CC3)c(C)nn2-c2ccccc2)c1. The molecule has 1 aromatic heterocycles. The highest BCUT2D eigenvalue weighted by Crippen LogP contribution is 2.35. The van der Waals surface area contributed by atoms with Gasteiger partial charge in [-0.05, 0) is 51.0 Å². The number of aromatic nitrogens is 2. The van der Waals surface area contributed by atoms with Gasteiger partial charge in [0, 0.05) is 25.2 Å². The lowest BCUT2D eigenvalue weighted by Gasteiger charge is -2.24. The van der Waals surface area contributed by atoms with Gasteiger partial charge in [0.25, 0.3) is 0 Å². The number of aliphatic hydroxyl groups is 1. The van der Waals surface area contributed by atoms with E-state index in [0.29, 0.717) is 30.8 Å². The molecule has 0 spiro atoms. The number of rotatable bonds is 9. The summed E-state index contributed by atoms with van der Waals surface area (Å²) in [7, 11) is 1.65. The van der Waals surface area contributed by atoms with Crippen LogP contribution in [0.1, 0.15) is 31.0 Å². The normalized spacial score (nSPS) is 14.7. The summed E-state index contributed by atoms with van der Waals surface area (Å²) in [4.78, 5) is 2.34. The molecule has 1 heterocycles.